The SMILES string of the molecule is C=CCn1c(COc2cc(C)ccc2C(C)C)nnc1SCC(=O)Nc1ccc(I)cc1C. The van der Waals surface area contributed by atoms with Crippen LogP contribution in [0.15, 0.2) is 54.2 Å². The molecule has 33 heavy (non-hydrogen) atoms. The van der Waals surface area contributed by atoms with Crippen LogP contribution < -0.4 is 10.1 Å². The van der Waals surface area contributed by atoms with E-state index in [1.165, 1.54) is 11.8 Å². The van der Waals surface area contributed by atoms with Gasteiger partial charge in [0, 0.05) is 15.8 Å². The van der Waals surface area contributed by atoms with E-state index in [0.717, 1.165) is 31.7 Å². The van der Waals surface area contributed by atoms with Crippen molar-refractivity contribution in [1.82, 2.24) is 14.8 Å². The van der Waals surface area contributed by atoms with Gasteiger partial charge in [-0.15, -0.1) is 16.8 Å². The number of carbonyl (C=O) groups excluding carboxylic acids is 1. The number of aromatic nitrogens is 3. The number of amides is 1. The van der Waals surface area contributed by atoms with Crippen molar-refractivity contribution in [3.05, 3.63) is 75.1 Å². The first kappa shape index (κ1) is 25.3. The van der Waals surface area contributed by atoms with Crippen LogP contribution in [0.4, 0.5) is 5.69 Å². The van der Waals surface area contributed by atoms with E-state index in [2.05, 4.69) is 83.7 Å². The van der Waals surface area contributed by atoms with Crippen molar-refractivity contribution in [2.45, 2.75) is 51.9 Å². The van der Waals surface area contributed by atoms with Gasteiger partial charge in [-0.05, 0) is 83.3 Å². The molecule has 1 heterocycles. The quantitative estimate of drug-likeness (QED) is 0.179. The fourth-order valence-electron chi connectivity index (χ4n) is 3.31. The van der Waals surface area contributed by atoms with Crippen molar-refractivity contribution >= 4 is 45.9 Å². The number of hydrogen-bond acceptors (Lipinski definition) is 5. The zero-order valence-electron chi connectivity index (χ0n) is 19.4. The lowest BCUT2D eigenvalue weighted by molar-refractivity contribution is -0.113. The number of nitrogens with one attached hydrogen (secondary N) is 1. The Morgan fingerprint density at radius 1 is 1.24 bits per heavy atom. The molecule has 0 aliphatic carbocycles. The Morgan fingerprint density at radius 2 is 2.03 bits per heavy atom. The Labute approximate surface area is 213 Å². The number of anilines is 1. The minimum absolute atomic E-state index is 0.0865. The topological polar surface area (TPSA) is 69.0 Å². The largest absolute Gasteiger partial charge is 0.485 e. The van der Waals surface area contributed by atoms with Gasteiger partial charge in [-0.2, -0.15) is 0 Å². The fourth-order valence-corrected chi connectivity index (χ4v) is 4.73. The third-order valence-electron chi connectivity index (χ3n) is 5.05. The number of aryl methyl sites for hydroxylation is 2. The smallest absolute Gasteiger partial charge is 0.234 e. The van der Waals surface area contributed by atoms with Crippen LogP contribution in [0.3, 0.4) is 0 Å². The highest BCUT2D eigenvalue weighted by Crippen LogP contribution is 2.28. The summed E-state index contributed by atoms with van der Waals surface area (Å²) in [6, 6.07) is 12.2. The molecule has 0 radical (unpaired) electrons. The van der Waals surface area contributed by atoms with Crippen LogP contribution in [-0.2, 0) is 17.9 Å². The van der Waals surface area contributed by atoms with Gasteiger partial charge in [-0.1, -0.05) is 43.8 Å². The number of ether oxygens (including phenoxy) is 1. The zero-order chi connectivity index (χ0) is 24.0. The molecule has 0 fully saturated rings. The molecule has 0 aliphatic heterocycles. The summed E-state index contributed by atoms with van der Waals surface area (Å²) in [7, 11) is 0. The fraction of sp³-hybridized carbons (Fsp3) is 0.320. The van der Waals surface area contributed by atoms with Gasteiger partial charge in [0.1, 0.15) is 12.4 Å². The Balaban J connectivity index is 1.67. The van der Waals surface area contributed by atoms with E-state index in [9.17, 15) is 4.79 Å². The van der Waals surface area contributed by atoms with Crippen molar-refractivity contribution in [2.75, 3.05) is 11.1 Å². The van der Waals surface area contributed by atoms with Gasteiger partial charge >= 0.3 is 0 Å². The number of thioether (sulfide) groups is 1. The van der Waals surface area contributed by atoms with E-state index in [0.29, 0.717) is 30.1 Å². The summed E-state index contributed by atoms with van der Waals surface area (Å²) in [6.07, 6.45) is 1.79. The average Bonchev–Trinajstić information content (AvgIpc) is 3.14. The summed E-state index contributed by atoms with van der Waals surface area (Å²) in [5, 5.41) is 12.2. The lowest BCUT2D eigenvalue weighted by Crippen LogP contribution is -2.15. The number of allylic oxidation sites excluding steroid dienone is 1. The second kappa shape index (κ2) is 11.7. The third-order valence-corrected chi connectivity index (χ3v) is 6.69. The predicted octanol–water partition coefficient (Wildman–Crippen LogP) is 6.12. The number of rotatable bonds is 10. The van der Waals surface area contributed by atoms with Gasteiger partial charge in [-0.25, -0.2) is 0 Å². The first-order valence-corrected chi connectivity index (χ1v) is 12.8. The summed E-state index contributed by atoms with van der Waals surface area (Å²) in [6.45, 7) is 13.0. The maximum Gasteiger partial charge on any atom is 0.234 e. The number of hydrogen-bond donors (Lipinski definition) is 1. The maximum absolute atomic E-state index is 12.5. The van der Waals surface area contributed by atoms with E-state index in [1.807, 2.05) is 29.7 Å². The highest BCUT2D eigenvalue weighted by atomic mass is 127. The van der Waals surface area contributed by atoms with Crippen LogP contribution in [0.5, 0.6) is 5.75 Å². The van der Waals surface area contributed by atoms with Crippen molar-refractivity contribution in [1.29, 1.82) is 0 Å². The van der Waals surface area contributed by atoms with E-state index in [1.54, 1.807) is 6.08 Å². The normalized spacial score (nSPS) is 11.0. The van der Waals surface area contributed by atoms with Crippen molar-refractivity contribution in [3.8, 4) is 5.75 Å². The highest BCUT2D eigenvalue weighted by molar-refractivity contribution is 14.1. The summed E-state index contributed by atoms with van der Waals surface area (Å²) in [5.74, 6) is 2.06. The first-order chi connectivity index (χ1) is 15.8. The monoisotopic (exact) mass is 576 g/mol. The standard InChI is InChI=1S/C25H29IN4O2S/c1-6-11-30-23(14-32-22-12-17(4)7-9-20(22)16(2)3)28-29-25(30)33-15-24(31)27-21-10-8-19(26)13-18(21)5/h6-10,12-13,16H,1,11,14-15H2,2-5H3,(H,27,31). The first-order valence-electron chi connectivity index (χ1n) is 10.7. The molecule has 0 bridgehead atoms. The van der Waals surface area contributed by atoms with Gasteiger partial charge in [0.25, 0.3) is 0 Å². The van der Waals surface area contributed by atoms with Crippen molar-refractivity contribution < 1.29 is 9.53 Å². The second-order valence-corrected chi connectivity index (χ2v) is 10.3. The molecule has 0 atom stereocenters. The minimum atomic E-state index is -0.0865. The van der Waals surface area contributed by atoms with Crippen molar-refractivity contribution in [3.63, 3.8) is 0 Å². The van der Waals surface area contributed by atoms with Gasteiger partial charge in [0.2, 0.25) is 5.91 Å². The number of halogens is 1. The van der Waals surface area contributed by atoms with Crippen LogP contribution in [0.2, 0.25) is 0 Å². The van der Waals surface area contributed by atoms with Gasteiger partial charge in [-0.3, -0.25) is 9.36 Å². The van der Waals surface area contributed by atoms with Crippen LogP contribution in [0.1, 0.15) is 42.3 Å². The van der Waals surface area contributed by atoms with E-state index < -0.39 is 0 Å². The molecular formula is C25H29IN4O2S. The molecular weight excluding hydrogens is 547 g/mol. The summed E-state index contributed by atoms with van der Waals surface area (Å²) < 4.78 is 9.22. The summed E-state index contributed by atoms with van der Waals surface area (Å²) in [4.78, 5) is 12.5. The molecule has 6 nitrogen and oxygen atoms in total. The van der Waals surface area contributed by atoms with E-state index in [4.69, 9.17) is 4.74 Å². The number of carbonyl (C=O) groups is 1. The van der Waals surface area contributed by atoms with Gasteiger partial charge < -0.3 is 10.1 Å². The summed E-state index contributed by atoms with van der Waals surface area (Å²) >= 11 is 3.61. The average molecular weight is 577 g/mol. The highest BCUT2D eigenvalue weighted by Gasteiger charge is 2.16. The van der Waals surface area contributed by atoms with Crippen LogP contribution in [0, 0.1) is 17.4 Å². The van der Waals surface area contributed by atoms with Crippen LogP contribution in [0.25, 0.3) is 0 Å². The van der Waals surface area contributed by atoms with Crippen LogP contribution >= 0.6 is 34.4 Å². The van der Waals surface area contributed by atoms with E-state index in [-0.39, 0.29) is 11.7 Å². The minimum Gasteiger partial charge on any atom is -0.485 e. The van der Waals surface area contributed by atoms with E-state index >= 15 is 0 Å². The molecule has 0 spiro atoms. The zero-order valence-corrected chi connectivity index (χ0v) is 22.4. The second-order valence-electron chi connectivity index (χ2n) is 8.08. The van der Waals surface area contributed by atoms with Crippen molar-refractivity contribution in [2.24, 2.45) is 0 Å². The van der Waals surface area contributed by atoms with Gasteiger partial charge in [0.15, 0.2) is 11.0 Å². The van der Waals surface area contributed by atoms with Crippen LogP contribution in [-0.4, -0.2) is 26.4 Å². The molecule has 0 aliphatic rings. The Morgan fingerprint density at radius 3 is 2.73 bits per heavy atom. The molecule has 174 valence electrons. The molecule has 0 saturated carbocycles. The van der Waals surface area contributed by atoms with Gasteiger partial charge in [0.05, 0.1) is 5.75 Å². The molecule has 3 rings (SSSR count). The lowest BCUT2D eigenvalue weighted by atomic mass is 10.0. The number of benzene rings is 2. The Hall–Kier alpha value is -2.33. The number of nitrogens with zero attached hydrogens (tertiary/aromatic N) is 3. The Bertz CT molecular complexity index is 1140. The lowest BCUT2D eigenvalue weighted by Gasteiger charge is -2.15. The molecule has 2 aromatic carbocycles. The molecule has 8 heteroatoms. The predicted molar refractivity (Wildman–Crippen MR) is 143 cm³/mol. The molecule has 1 N–H and O–H groups in total. The third kappa shape index (κ3) is 6.83. The molecule has 1 amide bonds. The summed E-state index contributed by atoms with van der Waals surface area (Å²) in [5.41, 5.74) is 4.16. The molecule has 1 aromatic heterocycles. The Kier molecular flexibility index (Phi) is 8.96. The molecule has 0 unspecified atom stereocenters. The molecule has 3 aromatic rings. The maximum atomic E-state index is 12.5. The molecule has 0 saturated heterocycles.